The highest BCUT2D eigenvalue weighted by Gasteiger charge is 2.13. The first kappa shape index (κ1) is 16.1. The largest absolute Gasteiger partial charge is 0.396 e. The Hall–Kier alpha value is -0.980. The zero-order valence-corrected chi connectivity index (χ0v) is 12.1. The van der Waals surface area contributed by atoms with Gasteiger partial charge >= 0.3 is 0 Å². The maximum atomic E-state index is 11.8. The standard InChI is InChI=1S/C13H22N2O3S/c1-2-12(5-9-16)11-15-19(17,18)10-6-13-3-7-14-8-4-13/h3-4,7-8,12,15-16H,2,5-6,9-11H2,1H3. The molecule has 0 saturated heterocycles. The van der Waals surface area contributed by atoms with E-state index >= 15 is 0 Å². The van der Waals surface area contributed by atoms with Gasteiger partial charge in [-0.25, -0.2) is 13.1 Å². The van der Waals surface area contributed by atoms with Crippen molar-refractivity contribution in [2.45, 2.75) is 26.2 Å². The molecule has 0 bridgehead atoms. The smallest absolute Gasteiger partial charge is 0.211 e. The molecule has 0 aliphatic heterocycles. The van der Waals surface area contributed by atoms with Gasteiger partial charge < -0.3 is 5.11 Å². The fourth-order valence-electron chi connectivity index (χ4n) is 1.75. The van der Waals surface area contributed by atoms with Crippen molar-refractivity contribution in [1.82, 2.24) is 9.71 Å². The molecule has 5 nitrogen and oxygen atoms in total. The summed E-state index contributed by atoms with van der Waals surface area (Å²) in [5.74, 6) is 0.271. The van der Waals surface area contributed by atoms with Gasteiger partial charge in [0.15, 0.2) is 0 Å². The van der Waals surface area contributed by atoms with Gasteiger partial charge in [-0.15, -0.1) is 0 Å². The van der Waals surface area contributed by atoms with Crippen molar-refractivity contribution < 1.29 is 13.5 Å². The summed E-state index contributed by atoms with van der Waals surface area (Å²) in [6.45, 7) is 2.48. The molecule has 1 heterocycles. The monoisotopic (exact) mass is 286 g/mol. The lowest BCUT2D eigenvalue weighted by Crippen LogP contribution is -2.32. The molecular weight excluding hydrogens is 264 g/mol. The third-order valence-electron chi connectivity index (χ3n) is 3.12. The summed E-state index contributed by atoms with van der Waals surface area (Å²) in [5.41, 5.74) is 0.961. The van der Waals surface area contributed by atoms with Crippen molar-refractivity contribution in [2.24, 2.45) is 5.92 Å². The topological polar surface area (TPSA) is 79.3 Å². The minimum absolute atomic E-state index is 0.0760. The van der Waals surface area contributed by atoms with Crippen LogP contribution in [0.2, 0.25) is 0 Å². The lowest BCUT2D eigenvalue weighted by molar-refractivity contribution is 0.254. The van der Waals surface area contributed by atoms with E-state index < -0.39 is 10.0 Å². The SMILES string of the molecule is CCC(CCO)CNS(=O)(=O)CCc1ccncc1. The number of nitrogens with zero attached hydrogens (tertiary/aromatic N) is 1. The van der Waals surface area contributed by atoms with E-state index in [0.717, 1.165) is 12.0 Å². The molecule has 2 N–H and O–H groups in total. The van der Waals surface area contributed by atoms with Crippen molar-refractivity contribution in [2.75, 3.05) is 18.9 Å². The van der Waals surface area contributed by atoms with Crippen molar-refractivity contribution in [3.63, 3.8) is 0 Å². The van der Waals surface area contributed by atoms with E-state index in [4.69, 9.17) is 5.11 Å². The summed E-state index contributed by atoms with van der Waals surface area (Å²) in [4.78, 5) is 3.89. The van der Waals surface area contributed by atoms with E-state index in [1.165, 1.54) is 0 Å². The molecule has 6 heteroatoms. The molecule has 0 saturated carbocycles. The second-order valence-electron chi connectivity index (χ2n) is 4.56. The Morgan fingerprint density at radius 1 is 1.37 bits per heavy atom. The second kappa shape index (κ2) is 8.24. The summed E-state index contributed by atoms with van der Waals surface area (Å²) < 4.78 is 26.3. The van der Waals surface area contributed by atoms with Crippen LogP contribution in [-0.2, 0) is 16.4 Å². The average Bonchev–Trinajstić information content (AvgIpc) is 2.42. The van der Waals surface area contributed by atoms with Gasteiger partial charge in [-0.05, 0) is 36.5 Å². The first-order chi connectivity index (χ1) is 9.07. The second-order valence-corrected chi connectivity index (χ2v) is 6.49. The molecule has 1 aromatic rings. The van der Waals surface area contributed by atoms with Crippen molar-refractivity contribution in [3.05, 3.63) is 30.1 Å². The number of aliphatic hydroxyl groups is 1. The lowest BCUT2D eigenvalue weighted by Gasteiger charge is -2.14. The van der Waals surface area contributed by atoms with Crippen LogP contribution in [0.5, 0.6) is 0 Å². The fourth-order valence-corrected chi connectivity index (χ4v) is 2.89. The first-order valence-corrected chi connectivity index (χ1v) is 8.19. The third-order valence-corrected chi connectivity index (χ3v) is 4.46. The zero-order valence-electron chi connectivity index (χ0n) is 11.2. The van der Waals surface area contributed by atoms with E-state index in [-0.39, 0.29) is 18.3 Å². The molecule has 1 aromatic heterocycles. The highest BCUT2D eigenvalue weighted by Crippen LogP contribution is 2.07. The Morgan fingerprint density at radius 2 is 2.05 bits per heavy atom. The first-order valence-electron chi connectivity index (χ1n) is 6.54. The molecule has 0 spiro atoms. The summed E-state index contributed by atoms with van der Waals surface area (Å²) in [7, 11) is -3.26. The maximum absolute atomic E-state index is 11.8. The van der Waals surface area contributed by atoms with Crippen LogP contribution in [0.15, 0.2) is 24.5 Å². The summed E-state index contributed by atoms with van der Waals surface area (Å²) in [6, 6.07) is 3.63. The van der Waals surface area contributed by atoms with Gasteiger partial charge in [-0.3, -0.25) is 4.98 Å². The van der Waals surface area contributed by atoms with Crippen molar-refractivity contribution in [3.8, 4) is 0 Å². The molecule has 0 aliphatic carbocycles. The van der Waals surface area contributed by atoms with E-state index in [1.807, 2.05) is 19.1 Å². The molecular formula is C13H22N2O3S. The molecule has 0 aromatic carbocycles. The Balaban J connectivity index is 2.39. The van der Waals surface area contributed by atoms with Crippen LogP contribution in [0.3, 0.4) is 0 Å². The number of rotatable bonds is 9. The van der Waals surface area contributed by atoms with Crippen LogP contribution >= 0.6 is 0 Å². The minimum Gasteiger partial charge on any atom is -0.396 e. The molecule has 0 amide bonds. The van der Waals surface area contributed by atoms with Crippen molar-refractivity contribution in [1.29, 1.82) is 0 Å². The molecule has 0 aliphatic rings. The Labute approximate surface area is 115 Å². The number of hydrogen-bond donors (Lipinski definition) is 2. The predicted molar refractivity (Wildman–Crippen MR) is 75.2 cm³/mol. The molecule has 1 atom stereocenters. The van der Waals surface area contributed by atoms with Crippen LogP contribution in [0.4, 0.5) is 0 Å². The van der Waals surface area contributed by atoms with Gasteiger partial charge in [0.25, 0.3) is 0 Å². The Kier molecular flexibility index (Phi) is 6.97. The lowest BCUT2D eigenvalue weighted by atomic mass is 10.0. The van der Waals surface area contributed by atoms with Crippen LogP contribution in [0.1, 0.15) is 25.3 Å². The summed E-state index contributed by atoms with van der Waals surface area (Å²) in [6.07, 6.45) is 5.28. The Morgan fingerprint density at radius 3 is 2.63 bits per heavy atom. The zero-order chi connectivity index (χ0) is 14.1. The number of sulfonamides is 1. The van der Waals surface area contributed by atoms with Gasteiger partial charge in [0, 0.05) is 25.5 Å². The van der Waals surface area contributed by atoms with Gasteiger partial charge in [0.05, 0.1) is 5.75 Å². The molecule has 1 unspecified atom stereocenters. The van der Waals surface area contributed by atoms with Gasteiger partial charge in [0.1, 0.15) is 0 Å². The summed E-state index contributed by atoms with van der Waals surface area (Å²) in [5, 5.41) is 8.87. The predicted octanol–water partition coefficient (Wildman–Crippen LogP) is 0.952. The van der Waals surface area contributed by atoms with Crippen LogP contribution < -0.4 is 4.72 Å². The fraction of sp³-hybridized carbons (Fsp3) is 0.615. The van der Waals surface area contributed by atoms with Gasteiger partial charge in [0.2, 0.25) is 10.0 Å². The normalized spacial score (nSPS) is 13.4. The van der Waals surface area contributed by atoms with Crippen molar-refractivity contribution >= 4 is 10.0 Å². The van der Waals surface area contributed by atoms with E-state index in [2.05, 4.69) is 9.71 Å². The quantitative estimate of drug-likeness (QED) is 0.708. The maximum Gasteiger partial charge on any atom is 0.211 e. The van der Waals surface area contributed by atoms with Gasteiger partial charge in [-0.1, -0.05) is 13.3 Å². The van der Waals surface area contributed by atoms with E-state index in [1.54, 1.807) is 12.4 Å². The molecule has 19 heavy (non-hydrogen) atoms. The highest BCUT2D eigenvalue weighted by atomic mass is 32.2. The number of aromatic nitrogens is 1. The highest BCUT2D eigenvalue weighted by molar-refractivity contribution is 7.89. The van der Waals surface area contributed by atoms with E-state index in [0.29, 0.717) is 19.4 Å². The molecule has 0 radical (unpaired) electrons. The Bertz CT molecular complexity index is 448. The summed E-state index contributed by atoms with van der Waals surface area (Å²) >= 11 is 0. The molecule has 0 fully saturated rings. The number of aryl methyl sites for hydroxylation is 1. The third kappa shape index (κ3) is 6.66. The van der Waals surface area contributed by atoms with Crippen LogP contribution in [0.25, 0.3) is 0 Å². The number of pyridine rings is 1. The van der Waals surface area contributed by atoms with Crippen LogP contribution in [-0.4, -0.2) is 37.4 Å². The molecule has 1 rings (SSSR count). The number of nitrogens with one attached hydrogen (secondary N) is 1. The van der Waals surface area contributed by atoms with Crippen LogP contribution in [0, 0.1) is 5.92 Å². The van der Waals surface area contributed by atoms with E-state index in [9.17, 15) is 8.42 Å². The van der Waals surface area contributed by atoms with Gasteiger partial charge in [-0.2, -0.15) is 0 Å². The number of hydrogen-bond acceptors (Lipinski definition) is 4. The molecule has 108 valence electrons. The minimum atomic E-state index is -3.26. The number of aliphatic hydroxyl groups excluding tert-OH is 1. The average molecular weight is 286 g/mol.